The molecule has 1 unspecified atom stereocenters. The fourth-order valence-electron chi connectivity index (χ4n) is 4.15. The fraction of sp³-hybridized carbons (Fsp3) is 0.458. The van der Waals surface area contributed by atoms with E-state index < -0.39 is 0 Å². The van der Waals surface area contributed by atoms with Crippen molar-refractivity contribution >= 4 is 17.4 Å². The molecule has 1 fully saturated rings. The van der Waals surface area contributed by atoms with Crippen molar-refractivity contribution in [3.05, 3.63) is 70.2 Å². The third kappa shape index (κ3) is 6.44. The number of likely N-dealkylation sites (tertiary alicyclic amines) is 1. The van der Waals surface area contributed by atoms with Crippen molar-refractivity contribution in [2.24, 2.45) is 5.92 Å². The minimum absolute atomic E-state index is 0.133. The second-order valence-corrected chi connectivity index (χ2v) is 8.58. The molecule has 3 rings (SSSR count). The van der Waals surface area contributed by atoms with Crippen LogP contribution in [0.4, 0.5) is 0 Å². The van der Waals surface area contributed by atoms with Crippen LogP contribution >= 0.6 is 11.6 Å². The molecule has 3 nitrogen and oxygen atoms in total. The van der Waals surface area contributed by atoms with E-state index >= 15 is 0 Å². The molecule has 0 bridgehead atoms. The molecule has 1 aliphatic heterocycles. The first-order chi connectivity index (χ1) is 13.5. The predicted octanol–water partition coefficient (Wildman–Crippen LogP) is 4.93. The van der Waals surface area contributed by atoms with Gasteiger partial charge in [0, 0.05) is 36.8 Å². The van der Waals surface area contributed by atoms with Crippen molar-refractivity contribution in [3.63, 3.8) is 0 Å². The average molecular weight is 399 g/mol. The lowest BCUT2D eigenvalue weighted by molar-refractivity contribution is 0.101. The molecule has 150 valence electrons. The lowest BCUT2D eigenvalue weighted by Gasteiger charge is -2.34. The third-order valence-corrected chi connectivity index (χ3v) is 5.84. The van der Waals surface area contributed by atoms with Gasteiger partial charge < -0.3 is 9.80 Å². The second kappa shape index (κ2) is 10.2. The van der Waals surface area contributed by atoms with E-state index in [1.165, 1.54) is 37.1 Å². The Morgan fingerprint density at radius 2 is 1.96 bits per heavy atom. The summed E-state index contributed by atoms with van der Waals surface area (Å²) in [5, 5.41) is 0.804. The van der Waals surface area contributed by atoms with Crippen molar-refractivity contribution in [1.82, 2.24) is 9.80 Å². The van der Waals surface area contributed by atoms with Gasteiger partial charge >= 0.3 is 0 Å². The number of carbonyl (C=O) groups excluding carboxylic acids is 1. The number of nitrogens with zero attached hydrogens (tertiary/aromatic N) is 2. The first-order valence-corrected chi connectivity index (χ1v) is 10.6. The Labute approximate surface area is 174 Å². The summed E-state index contributed by atoms with van der Waals surface area (Å²) in [6.07, 6.45) is 3.66. The Morgan fingerprint density at radius 3 is 2.71 bits per heavy atom. The number of ketones is 1. The standard InChI is InChI=1S/C24H31ClN2O/c1-19(28)23-7-3-5-21(15-23)16-26(2)17-22-6-4-13-27(18-22)14-12-20-8-10-24(25)11-9-20/h3,5,7-11,15,22H,4,6,12-14,16-18H2,1-2H3. The SMILES string of the molecule is CC(=O)c1cccc(CN(C)CC2CCCN(CCc3ccc(Cl)cc3)C2)c1. The Hall–Kier alpha value is -1.68. The summed E-state index contributed by atoms with van der Waals surface area (Å²) >= 11 is 5.98. The maximum atomic E-state index is 11.6. The smallest absolute Gasteiger partial charge is 0.159 e. The van der Waals surface area contributed by atoms with Crippen molar-refractivity contribution in [2.45, 2.75) is 32.7 Å². The lowest BCUT2D eigenvalue weighted by atomic mass is 9.96. The van der Waals surface area contributed by atoms with E-state index in [-0.39, 0.29) is 5.78 Å². The summed E-state index contributed by atoms with van der Waals surface area (Å²) < 4.78 is 0. The highest BCUT2D eigenvalue weighted by molar-refractivity contribution is 6.30. The van der Waals surface area contributed by atoms with Crippen LogP contribution in [0.25, 0.3) is 0 Å². The van der Waals surface area contributed by atoms with E-state index in [2.05, 4.69) is 35.0 Å². The highest BCUT2D eigenvalue weighted by Crippen LogP contribution is 2.19. The van der Waals surface area contributed by atoms with E-state index in [1.54, 1.807) is 6.92 Å². The van der Waals surface area contributed by atoms with Gasteiger partial charge in [0.2, 0.25) is 0 Å². The predicted molar refractivity (Wildman–Crippen MR) is 117 cm³/mol. The quantitative estimate of drug-likeness (QED) is 0.589. The van der Waals surface area contributed by atoms with Crippen molar-refractivity contribution in [3.8, 4) is 0 Å². The van der Waals surface area contributed by atoms with E-state index in [1.807, 2.05) is 30.3 Å². The molecule has 1 heterocycles. The largest absolute Gasteiger partial charge is 0.303 e. The van der Waals surface area contributed by atoms with Gasteiger partial charge in [0.05, 0.1) is 0 Å². The molecular weight excluding hydrogens is 368 g/mol. The van der Waals surface area contributed by atoms with Crippen LogP contribution in [0.5, 0.6) is 0 Å². The van der Waals surface area contributed by atoms with Gasteiger partial charge in [-0.05, 0) is 75.0 Å². The normalized spacial score (nSPS) is 17.8. The number of rotatable bonds is 8. The van der Waals surface area contributed by atoms with Gasteiger partial charge in [0.1, 0.15) is 0 Å². The van der Waals surface area contributed by atoms with Gasteiger partial charge in [-0.2, -0.15) is 0 Å². The molecule has 0 N–H and O–H groups in total. The maximum Gasteiger partial charge on any atom is 0.159 e. The fourth-order valence-corrected chi connectivity index (χ4v) is 4.27. The Morgan fingerprint density at radius 1 is 1.18 bits per heavy atom. The zero-order valence-corrected chi connectivity index (χ0v) is 17.8. The summed E-state index contributed by atoms with van der Waals surface area (Å²) in [5.74, 6) is 0.841. The number of benzene rings is 2. The zero-order chi connectivity index (χ0) is 19.9. The molecular formula is C24H31ClN2O. The van der Waals surface area contributed by atoms with Crippen LogP contribution in [0, 0.1) is 5.92 Å². The summed E-state index contributed by atoms with van der Waals surface area (Å²) in [6, 6.07) is 16.2. The van der Waals surface area contributed by atoms with E-state index in [4.69, 9.17) is 11.6 Å². The molecule has 0 aromatic heterocycles. The highest BCUT2D eigenvalue weighted by atomic mass is 35.5. The number of Topliss-reactive ketones (excluding diaryl/α,β-unsaturated/α-hetero) is 1. The Kier molecular flexibility index (Phi) is 7.66. The van der Waals surface area contributed by atoms with Crippen LogP contribution in [0.2, 0.25) is 5.02 Å². The molecule has 0 aliphatic carbocycles. The van der Waals surface area contributed by atoms with E-state index in [0.29, 0.717) is 5.92 Å². The van der Waals surface area contributed by atoms with Gasteiger partial charge in [-0.15, -0.1) is 0 Å². The van der Waals surface area contributed by atoms with Crippen LogP contribution in [0.3, 0.4) is 0 Å². The first-order valence-electron chi connectivity index (χ1n) is 10.2. The first kappa shape index (κ1) is 21.0. The molecule has 0 spiro atoms. The second-order valence-electron chi connectivity index (χ2n) is 8.14. The molecule has 0 amide bonds. The summed E-state index contributed by atoms with van der Waals surface area (Å²) in [4.78, 5) is 16.6. The number of carbonyl (C=O) groups is 1. The molecule has 1 atom stereocenters. The van der Waals surface area contributed by atoms with Crippen LogP contribution < -0.4 is 0 Å². The summed E-state index contributed by atoms with van der Waals surface area (Å²) in [7, 11) is 2.19. The minimum atomic E-state index is 0.133. The minimum Gasteiger partial charge on any atom is -0.303 e. The Bertz CT molecular complexity index is 774. The molecule has 0 saturated carbocycles. The topological polar surface area (TPSA) is 23.6 Å². The monoisotopic (exact) mass is 398 g/mol. The van der Waals surface area contributed by atoms with Crippen molar-refractivity contribution < 1.29 is 4.79 Å². The van der Waals surface area contributed by atoms with Gasteiger partial charge in [-0.3, -0.25) is 4.79 Å². The summed E-state index contributed by atoms with van der Waals surface area (Å²) in [6.45, 7) is 7.11. The third-order valence-electron chi connectivity index (χ3n) is 5.59. The zero-order valence-electron chi connectivity index (χ0n) is 17.0. The van der Waals surface area contributed by atoms with E-state index in [0.717, 1.165) is 36.6 Å². The van der Waals surface area contributed by atoms with Gasteiger partial charge in [-0.1, -0.05) is 41.9 Å². The molecule has 2 aromatic carbocycles. The van der Waals surface area contributed by atoms with E-state index in [9.17, 15) is 4.79 Å². The molecule has 0 radical (unpaired) electrons. The van der Waals surface area contributed by atoms with Gasteiger partial charge in [0.25, 0.3) is 0 Å². The van der Waals surface area contributed by atoms with Crippen LogP contribution in [-0.2, 0) is 13.0 Å². The van der Waals surface area contributed by atoms with Crippen molar-refractivity contribution in [1.29, 1.82) is 0 Å². The Balaban J connectivity index is 1.46. The number of piperidine rings is 1. The lowest BCUT2D eigenvalue weighted by Crippen LogP contribution is -2.40. The molecule has 1 aliphatic rings. The van der Waals surface area contributed by atoms with Crippen LogP contribution in [0.1, 0.15) is 41.3 Å². The number of halogens is 1. The average Bonchev–Trinajstić information content (AvgIpc) is 2.68. The summed E-state index contributed by atoms with van der Waals surface area (Å²) in [5.41, 5.74) is 3.37. The highest BCUT2D eigenvalue weighted by Gasteiger charge is 2.21. The number of hydrogen-bond donors (Lipinski definition) is 0. The number of hydrogen-bond acceptors (Lipinski definition) is 3. The van der Waals surface area contributed by atoms with Crippen LogP contribution in [0.15, 0.2) is 48.5 Å². The van der Waals surface area contributed by atoms with Crippen molar-refractivity contribution in [2.75, 3.05) is 33.2 Å². The van der Waals surface area contributed by atoms with Gasteiger partial charge in [0.15, 0.2) is 5.78 Å². The van der Waals surface area contributed by atoms with Gasteiger partial charge in [-0.25, -0.2) is 0 Å². The molecule has 1 saturated heterocycles. The molecule has 28 heavy (non-hydrogen) atoms. The molecule has 2 aromatic rings. The van der Waals surface area contributed by atoms with Crippen LogP contribution in [-0.4, -0.2) is 48.8 Å². The molecule has 4 heteroatoms. The maximum absolute atomic E-state index is 11.6.